The van der Waals surface area contributed by atoms with Gasteiger partial charge in [-0.1, -0.05) is 6.07 Å². The van der Waals surface area contributed by atoms with Crippen molar-refractivity contribution in [3.8, 4) is 11.7 Å². The molecule has 10 nitrogen and oxygen atoms in total. The van der Waals surface area contributed by atoms with E-state index in [4.69, 9.17) is 25.2 Å². The van der Waals surface area contributed by atoms with Crippen molar-refractivity contribution in [3.05, 3.63) is 30.0 Å². The van der Waals surface area contributed by atoms with Crippen LogP contribution < -0.4 is 15.4 Å². The Balaban J connectivity index is 1.75. The lowest BCUT2D eigenvalue weighted by Crippen LogP contribution is -2.44. The molecule has 1 atom stereocenters. The number of nitrogens with two attached hydrogens (primary N) is 1. The Morgan fingerprint density at radius 3 is 2.69 bits per heavy atom. The van der Waals surface area contributed by atoms with Crippen LogP contribution in [0.2, 0.25) is 0 Å². The molecule has 2 N–H and O–H groups in total. The van der Waals surface area contributed by atoms with Crippen LogP contribution in [0.4, 0.5) is 11.8 Å². The largest absolute Gasteiger partial charge is 0.494 e. The van der Waals surface area contributed by atoms with E-state index < -0.39 is 14.6 Å². The zero-order valence-electron chi connectivity index (χ0n) is 18.3. The summed E-state index contributed by atoms with van der Waals surface area (Å²) in [4.78, 5) is 16.1. The number of aromatic nitrogens is 4. The fourth-order valence-corrected chi connectivity index (χ4v) is 5.70. The number of para-hydroxylation sites is 1. The molecule has 2 aliphatic rings. The van der Waals surface area contributed by atoms with E-state index in [9.17, 15) is 8.42 Å². The van der Waals surface area contributed by atoms with Gasteiger partial charge in [-0.15, -0.1) is 0 Å². The number of morpholine rings is 1. The molecule has 1 aliphatic heterocycles. The molecule has 2 aromatic heterocycles. The lowest BCUT2D eigenvalue weighted by atomic mass is 10.2. The second-order valence-corrected chi connectivity index (χ2v) is 10.8. The zero-order chi connectivity index (χ0) is 22.7. The maximum Gasteiger partial charge on any atom is 0.239 e. The highest BCUT2D eigenvalue weighted by molar-refractivity contribution is 7.91. The lowest BCUT2D eigenvalue weighted by Gasteiger charge is -2.34. The van der Waals surface area contributed by atoms with Gasteiger partial charge in [0, 0.05) is 18.9 Å². The Morgan fingerprint density at radius 2 is 2.03 bits per heavy atom. The van der Waals surface area contributed by atoms with Gasteiger partial charge in [0.2, 0.25) is 11.9 Å². The molecule has 0 unspecified atom stereocenters. The summed E-state index contributed by atoms with van der Waals surface area (Å²) < 4.78 is 37.0. The van der Waals surface area contributed by atoms with E-state index in [-0.39, 0.29) is 12.0 Å². The number of fused-ring (bicyclic) bond motifs is 1. The van der Waals surface area contributed by atoms with Gasteiger partial charge in [0.15, 0.2) is 9.84 Å². The van der Waals surface area contributed by atoms with Crippen molar-refractivity contribution in [2.24, 2.45) is 0 Å². The fourth-order valence-electron chi connectivity index (χ4n) is 4.37. The van der Waals surface area contributed by atoms with Gasteiger partial charge in [-0.2, -0.15) is 4.98 Å². The standard InChI is InChI=1S/C21H26N6O4S/c1-13-12-31-10-9-26(13)17-11-16(21(7-8-21)32(3,28)29)23-20(24-17)27-14-5-4-6-15(30-2)18(14)25-19(27)22/h4-6,11,13H,7-10,12H2,1-3H3,(H2,22,25)/t13-/m1/s1. The molecule has 0 spiro atoms. The SMILES string of the molecule is COc1cccc2c1nc(N)n2-c1nc(N2CCOC[C@H]2C)cc(C2(S(C)(=O)=O)CC2)n1. The minimum Gasteiger partial charge on any atom is -0.494 e. The second-order valence-electron chi connectivity index (χ2n) is 8.43. The first kappa shape index (κ1) is 21.0. The maximum absolute atomic E-state index is 12.7. The number of anilines is 2. The van der Waals surface area contributed by atoms with Crippen LogP contribution in [0, 0.1) is 0 Å². The average Bonchev–Trinajstić information content (AvgIpc) is 3.51. The third-order valence-corrected chi connectivity index (χ3v) is 8.37. The first-order valence-corrected chi connectivity index (χ1v) is 12.4. The van der Waals surface area contributed by atoms with Crippen molar-refractivity contribution in [3.63, 3.8) is 0 Å². The summed E-state index contributed by atoms with van der Waals surface area (Å²) in [5.41, 5.74) is 8.05. The number of rotatable bonds is 5. The summed E-state index contributed by atoms with van der Waals surface area (Å²) in [6, 6.07) is 7.39. The fraction of sp³-hybridized carbons (Fsp3) is 0.476. The van der Waals surface area contributed by atoms with Gasteiger partial charge in [-0.25, -0.2) is 23.0 Å². The maximum atomic E-state index is 12.7. The van der Waals surface area contributed by atoms with Crippen LogP contribution in [0.15, 0.2) is 24.3 Å². The molecule has 2 fully saturated rings. The van der Waals surface area contributed by atoms with E-state index in [1.54, 1.807) is 23.8 Å². The van der Waals surface area contributed by atoms with Gasteiger partial charge in [-0.05, 0) is 31.9 Å². The molecule has 5 rings (SSSR count). The normalized spacial score (nSPS) is 20.5. The summed E-state index contributed by atoms with van der Waals surface area (Å²) in [5, 5.41) is 0. The van der Waals surface area contributed by atoms with E-state index in [1.807, 2.05) is 12.1 Å². The van der Waals surface area contributed by atoms with Gasteiger partial charge < -0.3 is 20.1 Å². The van der Waals surface area contributed by atoms with Crippen molar-refractivity contribution in [2.75, 3.05) is 43.8 Å². The predicted molar refractivity (Wildman–Crippen MR) is 121 cm³/mol. The summed E-state index contributed by atoms with van der Waals surface area (Å²) in [6.07, 6.45) is 2.34. The smallest absolute Gasteiger partial charge is 0.239 e. The highest BCUT2D eigenvalue weighted by Gasteiger charge is 2.55. The van der Waals surface area contributed by atoms with E-state index in [0.29, 0.717) is 66.8 Å². The first-order chi connectivity index (χ1) is 15.2. The van der Waals surface area contributed by atoms with E-state index in [0.717, 1.165) is 0 Å². The molecule has 1 saturated carbocycles. The van der Waals surface area contributed by atoms with Gasteiger partial charge in [0.1, 0.15) is 21.8 Å². The number of sulfone groups is 1. The van der Waals surface area contributed by atoms with Gasteiger partial charge in [-0.3, -0.25) is 0 Å². The van der Waals surface area contributed by atoms with E-state index in [2.05, 4.69) is 16.8 Å². The van der Waals surface area contributed by atoms with Crippen LogP contribution in [0.5, 0.6) is 5.75 Å². The van der Waals surface area contributed by atoms with Crippen LogP contribution >= 0.6 is 0 Å². The predicted octanol–water partition coefficient (Wildman–Crippen LogP) is 1.67. The number of nitrogens with zero attached hydrogens (tertiary/aromatic N) is 5. The van der Waals surface area contributed by atoms with Crippen molar-refractivity contribution in [2.45, 2.75) is 30.6 Å². The molecular formula is C21H26N6O4S. The highest BCUT2D eigenvalue weighted by Crippen LogP contribution is 2.52. The summed E-state index contributed by atoms with van der Waals surface area (Å²) in [7, 11) is -1.79. The highest BCUT2D eigenvalue weighted by atomic mass is 32.2. The van der Waals surface area contributed by atoms with Crippen LogP contribution in [-0.4, -0.2) is 67.1 Å². The van der Waals surface area contributed by atoms with Crippen LogP contribution in [-0.2, 0) is 19.3 Å². The van der Waals surface area contributed by atoms with Crippen molar-refractivity contribution >= 4 is 32.6 Å². The Labute approximate surface area is 186 Å². The lowest BCUT2D eigenvalue weighted by molar-refractivity contribution is 0.0985. The Kier molecular flexibility index (Phi) is 4.79. The molecule has 32 heavy (non-hydrogen) atoms. The first-order valence-electron chi connectivity index (χ1n) is 10.5. The molecule has 3 heterocycles. The Bertz CT molecular complexity index is 1300. The zero-order valence-corrected chi connectivity index (χ0v) is 19.1. The molecular weight excluding hydrogens is 432 g/mol. The quantitative estimate of drug-likeness (QED) is 0.607. The minimum atomic E-state index is -3.36. The van der Waals surface area contributed by atoms with E-state index >= 15 is 0 Å². The molecule has 1 aliphatic carbocycles. The molecule has 3 aromatic rings. The van der Waals surface area contributed by atoms with Crippen LogP contribution in [0.1, 0.15) is 25.5 Å². The number of methoxy groups -OCH3 is 1. The summed E-state index contributed by atoms with van der Waals surface area (Å²) >= 11 is 0. The van der Waals surface area contributed by atoms with Crippen molar-refractivity contribution < 1.29 is 17.9 Å². The number of benzene rings is 1. The molecule has 1 aromatic carbocycles. The number of nitrogen functional groups attached to an aromatic ring is 1. The molecule has 0 bridgehead atoms. The topological polar surface area (TPSA) is 125 Å². The van der Waals surface area contributed by atoms with E-state index in [1.165, 1.54) is 6.26 Å². The van der Waals surface area contributed by atoms with Crippen molar-refractivity contribution in [1.82, 2.24) is 19.5 Å². The van der Waals surface area contributed by atoms with Gasteiger partial charge >= 0.3 is 0 Å². The summed E-state index contributed by atoms with van der Waals surface area (Å²) in [6.45, 7) is 3.84. The van der Waals surface area contributed by atoms with Gasteiger partial charge in [0.05, 0.1) is 37.6 Å². The Hall–Kier alpha value is -2.92. The molecule has 1 saturated heterocycles. The second kappa shape index (κ2) is 7.31. The van der Waals surface area contributed by atoms with Crippen molar-refractivity contribution in [1.29, 1.82) is 0 Å². The minimum absolute atomic E-state index is 0.0877. The number of imidazole rings is 1. The molecule has 0 amide bonds. The third kappa shape index (κ3) is 3.18. The third-order valence-electron chi connectivity index (χ3n) is 6.34. The number of hydrogen-bond donors (Lipinski definition) is 1. The number of ether oxygens (including phenoxy) is 2. The summed E-state index contributed by atoms with van der Waals surface area (Å²) in [5.74, 6) is 1.73. The average molecular weight is 459 g/mol. The van der Waals surface area contributed by atoms with Crippen LogP contribution in [0.3, 0.4) is 0 Å². The van der Waals surface area contributed by atoms with Crippen LogP contribution in [0.25, 0.3) is 17.0 Å². The molecule has 0 radical (unpaired) electrons. The number of hydrogen-bond acceptors (Lipinski definition) is 9. The Morgan fingerprint density at radius 1 is 1.25 bits per heavy atom. The molecule has 11 heteroatoms. The van der Waals surface area contributed by atoms with Gasteiger partial charge in [0.25, 0.3) is 0 Å². The monoisotopic (exact) mass is 458 g/mol. The molecule has 170 valence electrons.